The Morgan fingerprint density at radius 3 is 2.56 bits per heavy atom. The first kappa shape index (κ1) is 13.8. The lowest BCUT2D eigenvalue weighted by molar-refractivity contribution is -0.139. The Labute approximate surface area is 95.2 Å². The summed E-state index contributed by atoms with van der Waals surface area (Å²) in [7, 11) is 1.93. The zero-order valence-electron chi connectivity index (χ0n) is 9.98. The van der Waals surface area contributed by atoms with Gasteiger partial charge >= 0.3 is 6.18 Å². The van der Waals surface area contributed by atoms with Gasteiger partial charge in [0.05, 0.1) is 6.42 Å². The van der Waals surface area contributed by atoms with Gasteiger partial charge in [0.15, 0.2) is 0 Å². The summed E-state index contributed by atoms with van der Waals surface area (Å²) in [5.74, 6) is 0.479. The van der Waals surface area contributed by atoms with Gasteiger partial charge in [-0.1, -0.05) is 13.3 Å². The van der Waals surface area contributed by atoms with E-state index < -0.39 is 12.6 Å². The molecule has 2 unspecified atom stereocenters. The van der Waals surface area contributed by atoms with Gasteiger partial charge in [0.25, 0.3) is 0 Å². The lowest BCUT2D eigenvalue weighted by atomic mass is 9.90. The van der Waals surface area contributed by atoms with Gasteiger partial charge in [-0.25, -0.2) is 0 Å². The summed E-state index contributed by atoms with van der Waals surface area (Å²) in [6.07, 6.45) is -2.74. The molecule has 0 aromatic rings. The van der Waals surface area contributed by atoms with Crippen molar-refractivity contribution >= 4 is 0 Å². The highest BCUT2D eigenvalue weighted by Gasteiger charge is 2.31. The Balaban J connectivity index is 2.36. The van der Waals surface area contributed by atoms with Crippen LogP contribution in [0.25, 0.3) is 0 Å². The number of hydrogen-bond acceptors (Lipinski definition) is 2. The van der Waals surface area contributed by atoms with E-state index in [9.17, 15) is 13.2 Å². The van der Waals surface area contributed by atoms with Gasteiger partial charge in [-0.05, 0) is 25.9 Å². The topological polar surface area (TPSA) is 15.3 Å². The van der Waals surface area contributed by atoms with E-state index in [-0.39, 0.29) is 6.54 Å². The fraction of sp³-hybridized carbons (Fsp3) is 1.00. The molecule has 1 N–H and O–H groups in total. The Morgan fingerprint density at radius 1 is 1.38 bits per heavy atom. The molecule has 0 saturated carbocycles. The fourth-order valence-corrected chi connectivity index (χ4v) is 2.39. The summed E-state index contributed by atoms with van der Waals surface area (Å²) < 4.78 is 36.3. The molecule has 0 bridgehead atoms. The van der Waals surface area contributed by atoms with Crippen LogP contribution in [-0.2, 0) is 0 Å². The normalized spacial score (nSPS) is 28.3. The molecule has 1 rings (SSSR count). The van der Waals surface area contributed by atoms with Gasteiger partial charge < -0.3 is 10.2 Å². The minimum Gasteiger partial charge on any atom is -0.317 e. The summed E-state index contributed by atoms with van der Waals surface area (Å²) in [6, 6.07) is 0.465. The predicted octanol–water partition coefficient (Wildman–Crippen LogP) is 2.26. The van der Waals surface area contributed by atoms with Crippen molar-refractivity contribution in [3.05, 3.63) is 0 Å². The first-order chi connectivity index (χ1) is 7.46. The molecule has 96 valence electrons. The van der Waals surface area contributed by atoms with E-state index in [1.807, 2.05) is 11.9 Å². The van der Waals surface area contributed by atoms with Crippen molar-refractivity contribution < 1.29 is 13.2 Å². The molecule has 0 radical (unpaired) electrons. The molecule has 1 aliphatic heterocycles. The quantitative estimate of drug-likeness (QED) is 0.808. The van der Waals surface area contributed by atoms with Crippen LogP contribution >= 0.6 is 0 Å². The minimum atomic E-state index is -4.03. The molecule has 16 heavy (non-hydrogen) atoms. The number of halogens is 3. The van der Waals surface area contributed by atoms with Crippen LogP contribution in [0.5, 0.6) is 0 Å². The molecule has 5 heteroatoms. The molecule has 1 fully saturated rings. The highest BCUT2D eigenvalue weighted by Crippen LogP contribution is 2.24. The molecule has 0 aliphatic carbocycles. The van der Waals surface area contributed by atoms with Crippen molar-refractivity contribution in [2.24, 2.45) is 5.92 Å². The average molecular weight is 238 g/mol. The maximum atomic E-state index is 12.1. The number of alkyl halides is 3. The van der Waals surface area contributed by atoms with Crippen molar-refractivity contribution in [1.29, 1.82) is 0 Å². The van der Waals surface area contributed by atoms with Crippen molar-refractivity contribution in [2.45, 2.75) is 38.4 Å². The molecule has 1 heterocycles. The van der Waals surface area contributed by atoms with Crippen LogP contribution in [0, 0.1) is 5.92 Å². The number of piperidine rings is 1. The van der Waals surface area contributed by atoms with Crippen LogP contribution in [-0.4, -0.2) is 43.8 Å². The Hall–Kier alpha value is -0.290. The number of hydrogen-bond donors (Lipinski definition) is 1. The minimum absolute atomic E-state index is 0.149. The van der Waals surface area contributed by atoms with Gasteiger partial charge in [-0.15, -0.1) is 0 Å². The van der Waals surface area contributed by atoms with E-state index in [2.05, 4.69) is 12.2 Å². The third-order valence-electron chi connectivity index (χ3n) is 3.42. The number of likely N-dealkylation sites (tertiary alicyclic amines) is 1. The van der Waals surface area contributed by atoms with Crippen LogP contribution in [0.2, 0.25) is 0 Å². The van der Waals surface area contributed by atoms with Crippen molar-refractivity contribution in [1.82, 2.24) is 10.2 Å². The van der Waals surface area contributed by atoms with E-state index in [0.29, 0.717) is 12.0 Å². The van der Waals surface area contributed by atoms with Crippen LogP contribution < -0.4 is 5.32 Å². The average Bonchev–Trinajstić information content (AvgIpc) is 2.25. The highest BCUT2D eigenvalue weighted by molar-refractivity contribution is 4.83. The SMILES string of the molecule is CCC1CN(CCC(F)(F)F)CCC1NC. The number of nitrogens with one attached hydrogen (secondary N) is 1. The van der Waals surface area contributed by atoms with Crippen LogP contribution in [0.1, 0.15) is 26.2 Å². The van der Waals surface area contributed by atoms with Crippen molar-refractivity contribution in [3.63, 3.8) is 0 Å². The summed E-state index contributed by atoms with van der Waals surface area (Å²) in [4.78, 5) is 1.94. The molecule has 2 nitrogen and oxygen atoms in total. The second kappa shape index (κ2) is 5.87. The second-order valence-electron chi connectivity index (χ2n) is 4.52. The first-order valence-electron chi connectivity index (χ1n) is 5.92. The molecule has 0 spiro atoms. The second-order valence-corrected chi connectivity index (χ2v) is 4.52. The molecule has 0 aromatic carbocycles. The molecule has 1 saturated heterocycles. The molecular formula is C11H21F3N2. The summed E-state index contributed by atoms with van der Waals surface area (Å²) >= 11 is 0. The molecule has 2 atom stereocenters. The summed E-state index contributed by atoms with van der Waals surface area (Å²) in [5.41, 5.74) is 0. The van der Waals surface area contributed by atoms with E-state index in [1.54, 1.807) is 0 Å². The lowest BCUT2D eigenvalue weighted by Gasteiger charge is -2.38. The Bertz CT molecular complexity index is 206. The smallest absolute Gasteiger partial charge is 0.317 e. The molecular weight excluding hydrogens is 217 g/mol. The third kappa shape index (κ3) is 4.29. The van der Waals surface area contributed by atoms with E-state index in [0.717, 1.165) is 25.9 Å². The van der Waals surface area contributed by atoms with E-state index in [4.69, 9.17) is 0 Å². The molecule has 0 amide bonds. The Kier molecular flexibility index (Phi) is 5.05. The Morgan fingerprint density at radius 2 is 2.06 bits per heavy atom. The van der Waals surface area contributed by atoms with Gasteiger partial charge in [0, 0.05) is 19.1 Å². The van der Waals surface area contributed by atoms with Gasteiger partial charge in [-0.3, -0.25) is 0 Å². The van der Waals surface area contributed by atoms with Crippen LogP contribution in [0.4, 0.5) is 13.2 Å². The maximum absolute atomic E-state index is 12.1. The zero-order chi connectivity index (χ0) is 12.2. The molecule has 0 aromatic heterocycles. The third-order valence-corrected chi connectivity index (χ3v) is 3.42. The fourth-order valence-electron chi connectivity index (χ4n) is 2.39. The maximum Gasteiger partial charge on any atom is 0.390 e. The van der Waals surface area contributed by atoms with Crippen molar-refractivity contribution in [3.8, 4) is 0 Å². The van der Waals surface area contributed by atoms with Gasteiger partial charge in [0.1, 0.15) is 0 Å². The number of rotatable bonds is 4. The summed E-state index contributed by atoms with van der Waals surface area (Å²) in [6.45, 7) is 3.81. The lowest BCUT2D eigenvalue weighted by Crippen LogP contribution is -2.48. The largest absolute Gasteiger partial charge is 0.390 e. The zero-order valence-corrected chi connectivity index (χ0v) is 9.98. The predicted molar refractivity (Wildman–Crippen MR) is 58.4 cm³/mol. The summed E-state index contributed by atoms with van der Waals surface area (Å²) in [5, 5.41) is 3.25. The standard InChI is InChI=1S/C11H21F3N2/c1-3-9-8-16(6-4-10(9)15-2)7-5-11(12,13)14/h9-10,15H,3-8H2,1-2H3. The monoisotopic (exact) mass is 238 g/mol. The van der Waals surface area contributed by atoms with Crippen molar-refractivity contribution in [2.75, 3.05) is 26.7 Å². The first-order valence-corrected chi connectivity index (χ1v) is 5.92. The van der Waals surface area contributed by atoms with Crippen LogP contribution in [0.15, 0.2) is 0 Å². The van der Waals surface area contributed by atoms with Gasteiger partial charge in [0.2, 0.25) is 0 Å². The van der Waals surface area contributed by atoms with Gasteiger partial charge in [-0.2, -0.15) is 13.2 Å². The molecule has 1 aliphatic rings. The highest BCUT2D eigenvalue weighted by atomic mass is 19.4. The van der Waals surface area contributed by atoms with Crippen LogP contribution in [0.3, 0.4) is 0 Å². The van der Waals surface area contributed by atoms with E-state index >= 15 is 0 Å². The van der Waals surface area contributed by atoms with E-state index in [1.165, 1.54) is 0 Å². The number of nitrogens with zero attached hydrogens (tertiary/aromatic N) is 1.